The van der Waals surface area contributed by atoms with Crippen LogP contribution >= 0.6 is 0 Å². The third-order valence-electron chi connectivity index (χ3n) is 2.10. The number of hydrogen-bond acceptors (Lipinski definition) is 3. The van der Waals surface area contributed by atoms with Gasteiger partial charge in [0.1, 0.15) is 5.52 Å². The van der Waals surface area contributed by atoms with E-state index in [9.17, 15) is 14.8 Å². The van der Waals surface area contributed by atoms with Crippen LogP contribution in [0.5, 0.6) is 0 Å². The number of H-pyrrole nitrogens is 1. The van der Waals surface area contributed by atoms with Gasteiger partial charge in [-0.05, 0) is 18.6 Å². The van der Waals surface area contributed by atoms with Crippen LogP contribution in [0.1, 0.15) is 5.56 Å². The summed E-state index contributed by atoms with van der Waals surface area (Å²) in [4.78, 5) is 24.5. The molecule has 0 unspecified atom stereocenters. The van der Waals surface area contributed by atoms with Gasteiger partial charge < -0.3 is 10.2 Å². The number of hydrogen-bond donors (Lipinski definition) is 2. The highest BCUT2D eigenvalue weighted by Crippen LogP contribution is 2.11. The fourth-order valence-corrected chi connectivity index (χ4v) is 1.36. The van der Waals surface area contributed by atoms with Crippen molar-refractivity contribution in [2.45, 2.75) is 6.92 Å². The summed E-state index contributed by atoms with van der Waals surface area (Å²) < 4.78 is 0.362. The summed E-state index contributed by atoms with van der Waals surface area (Å²) in [6, 6.07) is 5.03. The van der Waals surface area contributed by atoms with Crippen LogP contribution in [0.15, 0.2) is 27.8 Å². The first kappa shape index (κ1) is 8.55. The van der Waals surface area contributed by atoms with Gasteiger partial charge in [-0.25, -0.2) is 0 Å². The standard InChI is InChI=1S/C9H8N2O3/c1-5-3-2-4-6-7(5)10-8(12)9(13)11(6)14/h2-4,14H,1H3,(H,10,12). The van der Waals surface area contributed by atoms with E-state index < -0.39 is 11.1 Å². The number of fused-ring (bicyclic) bond motifs is 1. The van der Waals surface area contributed by atoms with E-state index in [0.29, 0.717) is 15.8 Å². The molecule has 2 aromatic rings. The zero-order valence-electron chi connectivity index (χ0n) is 7.44. The molecule has 0 aliphatic heterocycles. The van der Waals surface area contributed by atoms with E-state index in [0.717, 1.165) is 5.56 Å². The quantitative estimate of drug-likeness (QED) is 0.463. The summed E-state index contributed by atoms with van der Waals surface area (Å²) in [5.41, 5.74) is -0.228. The Bertz CT molecular complexity index is 609. The van der Waals surface area contributed by atoms with E-state index in [-0.39, 0.29) is 0 Å². The molecule has 1 aromatic carbocycles. The maximum atomic E-state index is 11.1. The molecule has 2 rings (SSSR count). The second-order valence-electron chi connectivity index (χ2n) is 3.04. The molecule has 0 radical (unpaired) electrons. The minimum absolute atomic E-state index is 0.301. The lowest BCUT2D eigenvalue weighted by Crippen LogP contribution is -2.35. The van der Waals surface area contributed by atoms with Crippen LogP contribution in [0.4, 0.5) is 0 Å². The minimum atomic E-state index is -0.969. The SMILES string of the molecule is Cc1cccc2c1[nH]c(=O)c(=O)n2O. The van der Waals surface area contributed by atoms with Crippen LogP contribution in [0.3, 0.4) is 0 Å². The number of nitrogens with one attached hydrogen (secondary N) is 1. The molecular weight excluding hydrogens is 184 g/mol. The smallest absolute Gasteiger partial charge is 0.348 e. The van der Waals surface area contributed by atoms with Gasteiger partial charge in [-0.15, -0.1) is 4.73 Å². The van der Waals surface area contributed by atoms with Crippen molar-refractivity contribution >= 4 is 11.0 Å². The van der Waals surface area contributed by atoms with Gasteiger partial charge in [0.25, 0.3) is 0 Å². The van der Waals surface area contributed by atoms with Gasteiger partial charge in [-0.1, -0.05) is 12.1 Å². The van der Waals surface area contributed by atoms with Crippen molar-refractivity contribution in [1.29, 1.82) is 0 Å². The van der Waals surface area contributed by atoms with E-state index in [2.05, 4.69) is 4.98 Å². The Morgan fingerprint density at radius 1 is 1.36 bits per heavy atom. The summed E-state index contributed by atoms with van der Waals surface area (Å²) >= 11 is 0. The Labute approximate surface area is 78.2 Å². The van der Waals surface area contributed by atoms with Crippen LogP contribution in [0, 0.1) is 6.92 Å². The first-order valence-corrected chi connectivity index (χ1v) is 4.05. The molecule has 14 heavy (non-hydrogen) atoms. The van der Waals surface area contributed by atoms with Crippen molar-refractivity contribution in [3.8, 4) is 0 Å². The second kappa shape index (κ2) is 2.73. The molecule has 0 saturated heterocycles. The molecule has 0 atom stereocenters. The van der Waals surface area contributed by atoms with Crippen LogP contribution < -0.4 is 11.1 Å². The normalized spacial score (nSPS) is 10.6. The predicted molar refractivity (Wildman–Crippen MR) is 50.8 cm³/mol. The van der Waals surface area contributed by atoms with Crippen molar-refractivity contribution in [2.24, 2.45) is 0 Å². The lowest BCUT2D eigenvalue weighted by molar-refractivity contribution is 0.186. The van der Waals surface area contributed by atoms with Crippen molar-refractivity contribution in [3.63, 3.8) is 0 Å². The summed E-state index contributed by atoms with van der Waals surface area (Å²) in [6.45, 7) is 1.78. The Morgan fingerprint density at radius 2 is 2.07 bits per heavy atom. The van der Waals surface area contributed by atoms with Crippen LogP contribution in [0.2, 0.25) is 0 Å². The van der Waals surface area contributed by atoms with E-state index >= 15 is 0 Å². The maximum absolute atomic E-state index is 11.1. The molecule has 0 aliphatic rings. The number of para-hydroxylation sites is 1. The minimum Gasteiger partial charge on any atom is -0.425 e. The molecule has 0 bridgehead atoms. The summed E-state index contributed by atoms with van der Waals surface area (Å²) in [5.74, 6) is 0. The third-order valence-corrected chi connectivity index (χ3v) is 2.10. The zero-order chi connectivity index (χ0) is 10.3. The van der Waals surface area contributed by atoms with Crippen molar-refractivity contribution in [3.05, 3.63) is 44.5 Å². The molecule has 0 aliphatic carbocycles. The second-order valence-corrected chi connectivity index (χ2v) is 3.04. The maximum Gasteiger partial charge on any atom is 0.348 e. The summed E-state index contributed by atoms with van der Waals surface area (Å²) in [7, 11) is 0. The lowest BCUT2D eigenvalue weighted by atomic mass is 10.2. The van der Waals surface area contributed by atoms with Crippen molar-refractivity contribution < 1.29 is 5.21 Å². The third kappa shape index (κ3) is 1.02. The highest BCUT2D eigenvalue weighted by molar-refractivity contribution is 5.77. The number of benzene rings is 1. The van der Waals surface area contributed by atoms with Crippen LogP contribution in [-0.2, 0) is 0 Å². The predicted octanol–water partition coefficient (Wildman–Crippen LogP) is 0.236. The number of nitrogens with zero attached hydrogens (tertiary/aromatic N) is 1. The Morgan fingerprint density at radius 3 is 2.79 bits per heavy atom. The first-order chi connectivity index (χ1) is 6.61. The Balaban J connectivity index is 3.14. The van der Waals surface area contributed by atoms with Crippen LogP contribution in [0.25, 0.3) is 11.0 Å². The van der Waals surface area contributed by atoms with Crippen LogP contribution in [-0.4, -0.2) is 14.9 Å². The average molecular weight is 192 g/mol. The molecule has 0 amide bonds. The van der Waals surface area contributed by atoms with E-state index in [1.807, 2.05) is 0 Å². The summed E-state index contributed by atoms with van der Waals surface area (Å²) in [5, 5.41) is 9.35. The molecule has 1 heterocycles. The van der Waals surface area contributed by atoms with E-state index in [4.69, 9.17) is 0 Å². The number of aromatic amines is 1. The van der Waals surface area contributed by atoms with Gasteiger partial charge in [0.05, 0.1) is 5.52 Å². The topological polar surface area (TPSA) is 75.1 Å². The molecular formula is C9H8N2O3. The molecule has 0 saturated carbocycles. The van der Waals surface area contributed by atoms with Crippen molar-refractivity contribution in [2.75, 3.05) is 0 Å². The number of aromatic nitrogens is 2. The fourth-order valence-electron chi connectivity index (χ4n) is 1.36. The van der Waals surface area contributed by atoms with Gasteiger partial charge in [0.15, 0.2) is 0 Å². The van der Waals surface area contributed by atoms with E-state index in [1.165, 1.54) is 0 Å². The molecule has 5 heteroatoms. The van der Waals surface area contributed by atoms with Crippen molar-refractivity contribution in [1.82, 2.24) is 9.71 Å². The van der Waals surface area contributed by atoms with Gasteiger partial charge in [0.2, 0.25) is 0 Å². The zero-order valence-corrected chi connectivity index (χ0v) is 7.44. The largest absolute Gasteiger partial charge is 0.425 e. The fraction of sp³-hybridized carbons (Fsp3) is 0.111. The lowest BCUT2D eigenvalue weighted by Gasteiger charge is -2.03. The number of aryl methyl sites for hydroxylation is 1. The van der Waals surface area contributed by atoms with Gasteiger partial charge in [-0.3, -0.25) is 9.59 Å². The average Bonchev–Trinajstić information content (AvgIpc) is 2.17. The number of rotatable bonds is 0. The van der Waals surface area contributed by atoms with Gasteiger partial charge >= 0.3 is 11.1 Å². The van der Waals surface area contributed by atoms with Gasteiger partial charge in [0, 0.05) is 0 Å². The molecule has 1 aromatic heterocycles. The monoisotopic (exact) mass is 192 g/mol. The van der Waals surface area contributed by atoms with E-state index in [1.54, 1.807) is 25.1 Å². The molecule has 0 fully saturated rings. The van der Waals surface area contributed by atoms with Gasteiger partial charge in [-0.2, -0.15) is 0 Å². The molecule has 72 valence electrons. The summed E-state index contributed by atoms with van der Waals surface area (Å²) in [6.07, 6.45) is 0. The highest BCUT2D eigenvalue weighted by atomic mass is 16.5. The Hall–Kier alpha value is -2.04. The molecule has 0 spiro atoms. The molecule has 5 nitrogen and oxygen atoms in total. The first-order valence-electron chi connectivity index (χ1n) is 4.05. The Kier molecular flexibility index (Phi) is 1.67. The molecule has 2 N–H and O–H groups in total. The highest BCUT2D eigenvalue weighted by Gasteiger charge is 2.06.